The molecule has 0 N–H and O–H groups in total. The van der Waals surface area contributed by atoms with Gasteiger partial charge in [-0.3, -0.25) is 9.80 Å². The van der Waals surface area contributed by atoms with Crippen LogP contribution in [0.4, 0.5) is 0 Å². The second-order valence-electron chi connectivity index (χ2n) is 11.3. The van der Waals surface area contributed by atoms with Crippen LogP contribution in [0.3, 0.4) is 0 Å². The van der Waals surface area contributed by atoms with Gasteiger partial charge in [0.2, 0.25) is 0 Å². The zero-order chi connectivity index (χ0) is 28.7. The fourth-order valence-electron chi connectivity index (χ4n) is 5.93. The Labute approximate surface area is 254 Å². The largest absolute Gasteiger partial charge is 0.492 e. The number of benzene rings is 3. The van der Waals surface area contributed by atoms with E-state index in [1.54, 1.807) is 0 Å². The number of ether oxygens (including phenoxy) is 5. The van der Waals surface area contributed by atoms with Gasteiger partial charge in [-0.1, -0.05) is 42.3 Å². The third-order valence-corrected chi connectivity index (χ3v) is 8.70. The number of hydrogen-bond donors (Lipinski definition) is 0. The van der Waals surface area contributed by atoms with Gasteiger partial charge in [-0.05, 0) is 73.3 Å². The molecule has 0 unspecified atom stereocenters. The van der Waals surface area contributed by atoms with E-state index in [2.05, 4.69) is 47.1 Å². The van der Waals surface area contributed by atoms with Crippen LogP contribution in [-0.4, -0.2) is 75.6 Å². The molecule has 0 aromatic heterocycles. The molecule has 3 aromatic rings. The maximum absolute atomic E-state index is 6.83. The molecule has 3 aliphatic heterocycles. The van der Waals surface area contributed by atoms with Crippen molar-refractivity contribution in [3.8, 4) is 34.1 Å². The molecule has 2 saturated heterocycles. The molecule has 3 aliphatic rings. The Morgan fingerprint density at radius 1 is 0.762 bits per heavy atom. The average Bonchev–Trinajstić information content (AvgIpc) is 3.03. The maximum atomic E-state index is 6.83. The number of hydrogen-bond acceptors (Lipinski definition) is 7. The van der Waals surface area contributed by atoms with Crippen molar-refractivity contribution in [2.24, 2.45) is 0 Å². The number of fused-ring (bicyclic) bond motifs is 1. The molecule has 42 heavy (non-hydrogen) atoms. The lowest BCUT2D eigenvalue weighted by Gasteiger charge is -2.28. The lowest BCUT2D eigenvalue weighted by Crippen LogP contribution is -2.38. The smallest absolute Gasteiger partial charge is 0.161 e. The second kappa shape index (κ2) is 14.0. The molecule has 6 rings (SSSR count). The highest BCUT2D eigenvalue weighted by Crippen LogP contribution is 2.37. The first-order valence-electron chi connectivity index (χ1n) is 15.2. The third kappa shape index (κ3) is 7.14. The van der Waals surface area contributed by atoms with Gasteiger partial charge >= 0.3 is 0 Å². The monoisotopic (exact) mass is 592 g/mol. The van der Waals surface area contributed by atoms with Gasteiger partial charge in [0.1, 0.15) is 37.9 Å². The Morgan fingerprint density at radius 3 is 2.40 bits per heavy atom. The SMILES string of the molecule is Cc1c(COc2cc(OCCN3CCOCC3)c(CN3CCCCC3)cc2Cl)cccc1-c1ccc2c(c1)OCCO2. The molecule has 224 valence electrons. The van der Waals surface area contributed by atoms with E-state index in [-0.39, 0.29) is 0 Å². The molecule has 8 heteroatoms. The van der Waals surface area contributed by atoms with Crippen molar-refractivity contribution in [3.63, 3.8) is 0 Å². The summed E-state index contributed by atoms with van der Waals surface area (Å²) in [6.07, 6.45) is 3.79. The fraction of sp³-hybridized carbons (Fsp3) is 0.471. The number of piperidine rings is 1. The van der Waals surface area contributed by atoms with E-state index in [4.69, 9.17) is 35.3 Å². The van der Waals surface area contributed by atoms with Crippen LogP contribution in [0.15, 0.2) is 48.5 Å². The number of likely N-dealkylation sites (tertiary alicyclic amines) is 1. The van der Waals surface area contributed by atoms with Gasteiger partial charge in [-0.25, -0.2) is 0 Å². The predicted octanol–water partition coefficient (Wildman–Crippen LogP) is 6.36. The van der Waals surface area contributed by atoms with Crippen LogP contribution in [0.25, 0.3) is 11.1 Å². The van der Waals surface area contributed by atoms with Gasteiger partial charge in [0.15, 0.2) is 11.5 Å². The number of morpholine rings is 1. The molecule has 0 atom stereocenters. The van der Waals surface area contributed by atoms with Crippen LogP contribution < -0.4 is 18.9 Å². The van der Waals surface area contributed by atoms with Crippen LogP contribution in [0.5, 0.6) is 23.0 Å². The normalized spacial score (nSPS) is 17.7. The Bertz CT molecular complexity index is 1350. The Hall–Kier alpha value is -2.97. The summed E-state index contributed by atoms with van der Waals surface area (Å²) in [5.74, 6) is 3.08. The van der Waals surface area contributed by atoms with E-state index >= 15 is 0 Å². The molecule has 2 fully saturated rings. The van der Waals surface area contributed by atoms with E-state index in [0.29, 0.717) is 37.2 Å². The van der Waals surface area contributed by atoms with E-state index < -0.39 is 0 Å². The predicted molar refractivity (Wildman–Crippen MR) is 165 cm³/mol. The summed E-state index contributed by atoms with van der Waals surface area (Å²) < 4.78 is 29.8. The van der Waals surface area contributed by atoms with Gasteiger partial charge in [-0.15, -0.1) is 0 Å². The minimum Gasteiger partial charge on any atom is -0.492 e. The molecule has 7 nitrogen and oxygen atoms in total. The maximum Gasteiger partial charge on any atom is 0.161 e. The summed E-state index contributed by atoms with van der Waals surface area (Å²) >= 11 is 6.83. The van der Waals surface area contributed by atoms with Crippen molar-refractivity contribution < 1.29 is 23.7 Å². The van der Waals surface area contributed by atoms with Crippen LogP contribution in [0.1, 0.15) is 36.0 Å². The summed E-state index contributed by atoms with van der Waals surface area (Å²) in [4.78, 5) is 4.88. The van der Waals surface area contributed by atoms with Gasteiger partial charge in [0, 0.05) is 37.8 Å². The standard InChI is InChI=1S/C34H41ClN2O5/c1-25-27(6-5-7-29(25)26-8-9-31-34(21-26)41-19-18-40-31)24-42-33-22-32(39-17-14-36-12-15-38-16-13-36)28(20-30(33)35)23-37-10-3-2-4-11-37/h5-9,20-22H,2-4,10-19,23-24H2,1H3. The second-order valence-corrected chi connectivity index (χ2v) is 11.7. The number of nitrogens with zero attached hydrogens (tertiary/aromatic N) is 2. The van der Waals surface area contributed by atoms with Crippen molar-refractivity contribution in [3.05, 3.63) is 70.2 Å². The summed E-state index contributed by atoms with van der Waals surface area (Å²) in [6.45, 7) is 11.7. The average molecular weight is 593 g/mol. The molecular formula is C34H41ClN2O5. The molecule has 0 radical (unpaired) electrons. The Balaban J connectivity index is 1.18. The highest BCUT2D eigenvalue weighted by molar-refractivity contribution is 6.32. The minimum atomic E-state index is 0.405. The number of rotatable bonds is 10. The summed E-state index contributed by atoms with van der Waals surface area (Å²) in [7, 11) is 0. The van der Waals surface area contributed by atoms with E-state index in [1.807, 2.05) is 18.2 Å². The third-order valence-electron chi connectivity index (χ3n) is 8.41. The molecule has 0 bridgehead atoms. The van der Waals surface area contributed by atoms with Crippen molar-refractivity contribution in [1.82, 2.24) is 9.80 Å². The molecule has 0 aliphatic carbocycles. The summed E-state index contributed by atoms with van der Waals surface area (Å²) in [5.41, 5.74) is 5.62. The minimum absolute atomic E-state index is 0.405. The Morgan fingerprint density at radius 2 is 1.57 bits per heavy atom. The topological polar surface area (TPSA) is 52.6 Å². The van der Waals surface area contributed by atoms with Gasteiger partial charge in [-0.2, -0.15) is 0 Å². The Kier molecular flexibility index (Phi) is 9.71. The van der Waals surface area contributed by atoms with Crippen molar-refractivity contribution in [1.29, 1.82) is 0 Å². The van der Waals surface area contributed by atoms with Crippen molar-refractivity contribution in [2.75, 3.05) is 65.8 Å². The molecule has 0 saturated carbocycles. The van der Waals surface area contributed by atoms with E-state index in [0.717, 1.165) is 97.5 Å². The fourth-order valence-corrected chi connectivity index (χ4v) is 6.17. The lowest BCUT2D eigenvalue weighted by molar-refractivity contribution is 0.0321. The van der Waals surface area contributed by atoms with Gasteiger partial charge in [0.05, 0.1) is 18.2 Å². The summed E-state index contributed by atoms with van der Waals surface area (Å²) in [5, 5.41) is 0.614. The highest BCUT2D eigenvalue weighted by Gasteiger charge is 2.19. The van der Waals surface area contributed by atoms with Gasteiger partial charge < -0.3 is 23.7 Å². The number of halogens is 1. The molecule has 3 heterocycles. The molecular weight excluding hydrogens is 552 g/mol. The van der Waals surface area contributed by atoms with E-state index in [1.165, 1.54) is 19.3 Å². The van der Waals surface area contributed by atoms with Crippen LogP contribution in [0, 0.1) is 6.92 Å². The first-order valence-corrected chi connectivity index (χ1v) is 15.6. The van der Waals surface area contributed by atoms with Crippen molar-refractivity contribution in [2.45, 2.75) is 39.3 Å². The zero-order valence-electron chi connectivity index (χ0n) is 24.5. The van der Waals surface area contributed by atoms with Crippen molar-refractivity contribution >= 4 is 11.6 Å². The first-order chi connectivity index (χ1) is 20.6. The molecule has 0 spiro atoms. The van der Waals surface area contributed by atoms with Crippen LogP contribution >= 0.6 is 11.6 Å². The van der Waals surface area contributed by atoms with Crippen LogP contribution in [-0.2, 0) is 17.9 Å². The molecule has 0 amide bonds. The highest BCUT2D eigenvalue weighted by atomic mass is 35.5. The molecule has 3 aromatic carbocycles. The quantitative estimate of drug-likeness (QED) is 0.271. The zero-order valence-corrected chi connectivity index (χ0v) is 25.3. The summed E-state index contributed by atoms with van der Waals surface area (Å²) in [6, 6.07) is 16.5. The van der Waals surface area contributed by atoms with Gasteiger partial charge in [0.25, 0.3) is 0 Å². The van der Waals surface area contributed by atoms with E-state index in [9.17, 15) is 0 Å². The van der Waals surface area contributed by atoms with Crippen LogP contribution in [0.2, 0.25) is 5.02 Å². The lowest BCUT2D eigenvalue weighted by atomic mass is 9.96. The first kappa shape index (κ1) is 29.1.